The van der Waals surface area contributed by atoms with Crippen LogP contribution in [0.4, 0.5) is 0 Å². The topological polar surface area (TPSA) is 92.6 Å². The molecule has 2 heterocycles. The van der Waals surface area contributed by atoms with Crippen molar-refractivity contribution in [2.24, 2.45) is 7.05 Å². The number of hydrazine groups is 1. The average Bonchev–Trinajstić information content (AvgIpc) is 2.90. The van der Waals surface area contributed by atoms with E-state index in [9.17, 15) is 18.0 Å². The number of hydrogen-bond acceptors (Lipinski definition) is 6. The molecule has 25 heavy (non-hydrogen) atoms. The van der Waals surface area contributed by atoms with Crippen LogP contribution in [0.2, 0.25) is 0 Å². The second kappa shape index (κ2) is 6.23. The number of aryl methyl sites for hydroxylation is 1. The second-order valence-corrected chi connectivity index (χ2v) is 8.61. The van der Waals surface area contributed by atoms with E-state index in [1.54, 1.807) is 43.4 Å². The van der Waals surface area contributed by atoms with Crippen LogP contribution < -0.4 is 5.56 Å². The van der Waals surface area contributed by atoms with Gasteiger partial charge in [-0.05, 0) is 12.5 Å². The maximum Gasteiger partial charge on any atom is 0.289 e. The smallest absolute Gasteiger partial charge is 0.267 e. The lowest BCUT2D eigenvalue weighted by atomic mass is 10.1. The molecular formula is C16H20N4O4S. The van der Waals surface area contributed by atoms with E-state index in [0.29, 0.717) is 17.2 Å². The van der Waals surface area contributed by atoms with E-state index < -0.39 is 21.8 Å². The number of nitrogens with zero attached hydrogens (tertiary/aromatic N) is 4. The summed E-state index contributed by atoms with van der Waals surface area (Å²) in [5.74, 6) is -0.420. The first-order chi connectivity index (χ1) is 11.7. The summed E-state index contributed by atoms with van der Waals surface area (Å²) >= 11 is 0. The van der Waals surface area contributed by atoms with Crippen LogP contribution in [-0.2, 0) is 16.9 Å². The van der Waals surface area contributed by atoms with Gasteiger partial charge < -0.3 is 0 Å². The Balaban J connectivity index is 2.12. The molecule has 1 amide bonds. The SMILES string of the molecule is CN(C)N(C(=O)c1nn(C)c(=O)c2ccccc12)[C@H]1CCS(=O)(=O)C1. The molecule has 3 rings (SSSR count). The zero-order chi connectivity index (χ0) is 18.4. The van der Waals surface area contributed by atoms with Gasteiger partial charge in [-0.15, -0.1) is 0 Å². The quantitative estimate of drug-likeness (QED) is 0.714. The van der Waals surface area contributed by atoms with E-state index in [1.807, 2.05) is 0 Å². The molecule has 9 heteroatoms. The van der Waals surface area contributed by atoms with Gasteiger partial charge in [0.25, 0.3) is 11.5 Å². The Morgan fingerprint density at radius 2 is 1.88 bits per heavy atom. The van der Waals surface area contributed by atoms with Crippen molar-refractivity contribution in [1.82, 2.24) is 19.8 Å². The molecule has 1 aliphatic rings. The van der Waals surface area contributed by atoms with Crippen LogP contribution in [0.15, 0.2) is 29.1 Å². The number of amides is 1. The Hall–Kier alpha value is -2.26. The molecule has 2 aromatic rings. The minimum Gasteiger partial charge on any atom is -0.267 e. The highest BCUT2D eigenvalue weighted by Crippen LogP contribution is 2.22. The molecule has 1 aromatic heterocycles. The third-order valence-electron chi connectivity index (χ3n) is 4.35. The van der Waals surface area contributed by atoms with Crippen molar-refractivity contribution >= 4 is 26.5 Å². The number of carbonyl (C=O) groups excluding carboxylic acids is 1. The summed E-state index contributed by atoms with van der Waals surface area (Å²) in [6, 6.07) is 6.35. The molecular weight excluding hydrogens is 344 g/mol. The summed E-state index contributed by atoms with van der Waals surface area (Å²) in [4.78, 5) is 25.4. The number of carbonyl (C=O) groups is 1. The lowest BCUT2D eigenvalue weighted by molar-refractivity contribution is 0.000479. The number of hydrogen-bond donors (Lipinski definition) is 0. The van der Waals surface area contributed by atoms with E-state index in [-0.39, 0.29) is 22.8 Å². The Bertz CT molecular complexity index is 997. The molecule has 1 atom stereocenters. The molecule has 0 radical (unpaired) electrons. The van der Waals surface area contributed by atoms with Crippen LogP contribution in [0, 0.1) is 0 Å². The van der Waals surface area contributed by atoms with Gasteiger partial charge in [-0.25, -0.2) is 18.1 Å². The predicted molar refractivity (Wildman–Crippen MR) is 93.9 cm³/mol. The van der Waals surface area contributed by atoms with Crippen molar-refractivity contribution in [1.29, 1.82) is 0 Å². The summed E-state index contributed by atoms with van der Waals surface area (Å²) < 4.78 is 24.8. The fourth-order valence-electron chi connectivity index (χ4n) is 3.21. The van der Waals surface area contributed by atoms with Gasteiger partial charge in [-0.3, -0.25) is 14.6 Å². The monoisotopic (exact) mass is 364 g/mol. The lowest BCUT2D eigenvalue weighted by Crippen LogP contribution is -2.50. The van der Waals surface area contributed by atoms with E-state index in [1.165, 1.54) is 12.1 Å². The molecule has 1 aliphatic heterocycles. The summed E-state index contributed by atoms with van der Waals surface area (Å²) in [6.07, 6.45) is 0.385. The Kier molecular flexibility index (Phi) is 4.38. The summed E-state index contributed by atoms with van der Waals surface area (Å²) in [6.45, 7) is 0. The van der Waals surface area contributed by atoms with Crippen molar-refractivity contribution in [2.45, 2.75) is 12.5 Å². The molecule has 0 saturated carbocycles. The van der Waals surface area contributed by atoms with Gasteiger partial charge >= 0.3 is 0 Å². The van der Waals surface area contributed by atoms with E-state index >= 15 is 0 Å². The third kappa shape index (κ3) is 3.16. The largest absolute Gasteiger partial charge is 0.289 e. The molecule has 134 valence electrons. The van der Waals surface area contributed by atoms with Gasteiger partial charge in [0, 0.05) is 26.5 Å². The number of sulfone groups is 1. The lowest BCUT2D eigenvalue weighted by Gasteiger charge is -2.33. The molecule has 0 spiro atoms. The van der Waals surface area contributed by atoms with E-state index in [2.05, 4.69) is 5.10 Å². The minimum absolute atomic E-state index is 0.0662. The first-order valence-electron chi connectivity index (χ1n) is 7.88. The Labute approximate surface area is 145 Å². The van der Waals surface area contributed by atoms with E-state index in [0.717, 1.165) is 4.68 Å². The fraction of sp³-hybridized carbons (Fsp3) is 0.438. The van der Waals surface area contributed by atoms with Crippen molar-refractivity contribution < 1.29 is 13.2 Å². The molecule has 1 fully saturated rings. The Morgan fingerprint density at radius 1 is 1.24 bits per heavy atom. The van der Waals surface area contributed by atoms with Gasteiger partial charge in [0.2, 0.25) is 0 Å². The maximum absolute atomic E-state index is 13.2. The second-order valence-electron chi connectivity index (χ2n) is 6.38. The van der Waals surface area contributed by atoms with Crippen LogP contribution in [0.25, 0.3) is 10.8 Å². The number of benzene rings is 1. The summed E-state index contributed by atoms with van der Waals surface area (Å²) in [5, 5.41) is 8.01. The molecule has 0 N–H and O–H groups in total. The van der Waals surface area contributed by atoms with Crippen LogP contribution in [0.5, 0.6) is 0 Å². The van der Waals surface area contributed by atoms with Crippen molar-refractivity contribution in [3.8, 4) is 0 Å². The minimum atomic E-state index is -3.14. The summed E-state index contributed by atoms with van der Waals surface area (Å²) in [5.41, 5.74) is -0.150. The highest BCUT2D eigenvalue weighted by Gasteiger charge is 2.37. The zero-order valence-electron chi connectivity index (χ0n) is 14.3. The van der Waals surface area contributed by atoms with Gasteiger partial charge in [0.15, 0.2) is 15.5 Å². The maximum atomic E-state index is 13.2. The molecule has 0 unspecified atom stereocenters. The number of rotatable bonds is 3. The Morgan fingerprint density at radius 3 is 2.44 bits per heavy atom. The third-order valence-corrected chi connectivity index (χ3v) is 6.10. The molecule has 0 bridgehead atoms. The highest BCUT2D eigenvalue weighted by atomic mass is 32.2. The zero-order valence-corrected chi connectivity index (χ0v) is 15.2. The highest BCUT2D eigenvalue weighted by molar-refractivity contribution is 7.91. The first kappa shape index (κ1) is 17.6. The molecule has 1 saturated heterocycles. The predicted octanol–water partition coefficient (Wildman–Crippen LogP) is 0.0394. The molecule has 8 nitrogen and oxygen atoms in total. The van der Waals surface area contributed by atoms with Crippen LogP contribution >= 0.6 is 0 Å². The van der Waals surface area contributed by atoms with Crippen molar-refractivity contribution in [2.75, 3.05) is 25.6 Å². The first-order valence-corrected chi connectivity index (χ1v) is 9.70. The molecule has 1 aromatic carbocycles. The van der Waals surface area contributed by atoms with Gasteiger partial charge in [-0.2, -0.15) is 5.10 Å². The van der Waals surface area contributed by atoms with Crippen LogP contribution in [0.3, 0.4) is 0 Å². The normalized spacial score (nSPS) is 19.4. The number of aromatic nitrogens is 2. The average molecular weight is 364 g/mol. The van der Waals surface area contributed by atoms with Crippen molar-refractivity contribution in [3.63, 3.8) is 0 Å². The van der Waals surface area contributed by atoms with Gasteiger partial charge in [-0.1, -0.05) is 18.2 Å². The van der Waals surface area contributed by atoms with Gasteiger partial charge in [0.05, 0.1) is 22.9 Å². The van der Waals surface area contributed by atoms with Crippen LogP contribution in [-0.4, -0.2) is 65.8 Å². The number of fused-ring (bicyclic) bond motifs is 1. The molecule has 0 aliphatic carbocycles. The standard InChI is InChI=1S/C16H20N4O4S/c1-18(2)20(11-8-9-25(23,24)10-11)16(22)14-12-6-4-5-7-13(12)15(21)19(3)17-14/h4-7,11H,8-10H2,1-3H3/t11-/m0/s1. The van der Waals surface area contributed by atoms with Gasteiger partial charge in [0.1, 0.15) is 0 Å². The van der Waals surface area contributed by atoms with E-state index in [4.69, 9.17) is 0 Å². The van der Waals surface area contributed by atoms with Crippen molar-refractivity contribution in [3.05, 3.63) is 40.3 Å². The fourth-order valence-corrected chi connectivity index (χ4v) is 4.90. The summed E-state index contributed by atoms with van der Waals surface area (Å²) in [7, 11) is 1.72. The van der Waals surface area contributed by atoms with Crippen LogP contribution in [0.1, 0.15) is 16.9 Å².